The molecular formula is C8H10F2O3. The summed E-state index contributed by atoms with van der Waals surface area (Å²) in [6.07, 6.45) is -1.38. The molecule has 0 saturated carbocycles. The van der Waals surface area contributed by atoms with Crippen molar-refractivity contribution in [3.8, 4) is 0 Å². The monoisotopic (exact) mass is 192 g/mol. The lowest BCUT2D eigenvalue weighted by Gasteiger charge is -2.20. The highest BCUT2D eigenvalue weighted by molar-refractivity contribution is 5.88. The first-order valence-electron chi connectivity index (χ1n) is 3.75. The number of rotatable bonds is 1. The van der Waals surface area contributed by atoms with Crippen LogP contribution in [0.15, 0.2) is 12.2 Å². The molecule has 0 aromatic rings. The molecule has 1 aliphatic rings. The Morgan fingerprint density at radius 1 is 1.62 bits per heavy atom. The highest BCUT2D eigenvalue weighted by atomic mass is 19.3. The SMILES string of the molecule is C=C1COC(C(C)(F)F)COC1=O. The lowest BCUT2D eigenvalue weighted by atomic mass is 10.2. The second-order valence-electron chi connectivity index (χ2n) is 2.96. The Morgan fingerprint density at radius 2 is 2.23 bits per heavy atom. The number of hydrogen-bond acceptors (Lipinski definition) is 3. The lowest BCUT2D eigenvalue weighted by Crippen LogP contribution is -2.36. The maximum absolute atomic E-state index is 12.7. The average molecular weight is 192 g/mol. The van der Waals surface area contributed by atoms with Crippen molar-refractivity contribution in [1.82, 2.24) is 0 Å². The molecule has 13 heavy (non-hydrogen) atoms. The van der Waals surface area contributed by atoms with Crippen LogP contribution in [-0.4, -0.2) is 31.2 Å². The third kappa shape index (κ3) is 2.48. The Balaban J connectivity index is 2.64. The van der Waals surface area contributed by atoms with Crippen LogP contribution in [0.1, 0.15) is 6.92 Å². The van der Waals surface area contributed by atoms with Gasteiger partial charge < -0.3 is 9.47 Å². The van der Waals surface area contributed by atoms with Crippen LogP contribution >= 0.6 is 0 Å². The van der Waals surface area contributed by atoms with E-state index < -0.39 is 24.6 Å². The molecule has 3 nitrogen and oxygen atoms in total. The van der Waals surface area contributed by atoms with E-state index >= 15 is 0 Å². The Morgan fingerprint density at radius 3 is 2.77 bits per heavy atom. The molecule has 0 N–H and O–H groups in total. The van der Waals surface area contributed by atoms with E-state index in [0.29, 0.717) is 0 Å². The van der Waals surface area contributed by atoms with Crippen molar-refractivity contribution in [1.29, 1.82) is 0 Å². The molecule has 5 heteroatoms. The molecule has 1 rings (SSSR count). The zero-order valence-corrected chi connectivity index (χ0v) is 7.18. The van der Waals surface area contributed by atoms with Gasteiger partial charge in [-0.3, -0.25) is 0 Å². The molecule has 0 spiro atoms. The van der Waals surface area contributed by atoms with Gasteiger partial charge in [-0.25, -0.2) is 13.6 Å². The van der Waals surface area contributed by atoms with E-state index in [2.05, 4.69) is 11.3 Å². The molecular weight excluding hydrogens is 182 g/mol. The summed E-state index contributed by atoms with van der Waals surface area (Å²) < 4.78 is 34.7. The molecule has 0 aromatic heterocycles. The number of carbonyl (C=O) groups is 1. The van der Waals surface area contributed by atoms with Gasteiger partial charge in [0.25, 0.3) is 5.92 Å². The van der Waals surface area contributed by atoms with Crippen LogP contribution in [0.3, 0.4) is 0 Å². The summed E-state index contributed by atoms with van der Waals surface area (Å²) in [5.41, 5.74) is 0.0618. The first-order chi connectivity index (χ1) is 5.91. The van der Waals surface area contributed by atoms with Crippen molar-refractivity contribution < 1.29 is 23.0 Å². The van der Waals surface area contributed by atoms with Gasteiger partial charge in [0.1, 0.15) is 6.61 Å². The first kappa shape index (κ1) is 10.1. The van der Waals surface area contributed by atoms with Gasteiger partial charge in [0.05, 0.1) is 12.2 Å². The van der Waals surface area contributed by atoms with Crippen molar-refractivity contribution in [3.63, 3.8) is 0 Å². The fourth-order valence-electron chi connectivity index (χ4n) is 0.854. The summed E-state index contributed by atoms with van der Waals surface area (Å²) in [6, 6.07) is 0. The number of hydrogen-bond donors (Lipinski definition) is 0. The molecule has 1 heterocycles. The van der Waals surface area contributed by atoms with Crippen molar-refractivity contribution in [2.24, 2.45) is 0 Å². The second kappa shape index (κ2) is 3.41. The van der Waals surface area contributed by atoms with E-state index in [9.17, 15) is 13.6 Å². The normalized spacial score (nSPS) is 25.3. The minimum absolute atomic E-state index is 0.0618. The molecule has 74 valence electrons. The highest BCUT2D eigenvalue weighted by Crippen LogP contribution is 2.23. The van der Waals surface area contributed by atoms with Crippen LogP contribution in [0.5, 0.6) is 0 Å². The smallest absolute Gasteiger partial charge is 0.335 e. The van der Waals surface area contributed by atoms with Crippen LogP contribution in [0.4, 0.5) is 8.78 Å². The fraction of sp³-hybridized carbons (Fsp3) is 0.625. The zero-order valence-electron chi connectivity index (χ0n) is 7.18. The van der Waals surface area contributed by atoms with Crippen molar-refractivity contribution in [3.05, 3.63) is 12.2 Å². The minimum Gasteiger partial charge on any atom is -0.459 e. The predicted molar refractivity (Wildman–Crippen MR) is 40.5 cm³/mol. The van der Waals surface area contributed by atoms with Gasteiger partial charge in [-0.2, -0.15) is 0 Å². The van der Waals surface area contributed by atoms with E-state index in [1.807, 2.05) is 0 Å². The van der Waals surface area contributed by atoms with Gasteiger partial charge in [0, 0.05) is 6.92 Å². The van der Waals surface area contributed by atoms with E-state index in [1.54, 1.807) is 0 Å². The fourth-order valence-corrected chi connectivity index (χ4v) is 0.854. The predicted octanol–water partition coefficient (Wildman–Crippen LogP) is 1.14. The van der Waals surface area contributed by atoms with Crippen LogP contribution in [0.2, 0.25) is 0 Å². The maximum atomic E-state index is 12.7. The van der Waals surface area contributed by atoms with E-state index in [1.165, 1.54) is 0 Å². The third-order valence-electron chi connectivity index (χ3n) is 1.68. The number of carbonyl (C=O) groups excluding carboxylic acids is 1. The minimum atomic E-state index is -3.01. The Bertz CT molecular complexity index is 214. The lowest BCUT2D eigenvalue weighted by molar-refractivity contribution is -0.152. The summed E-state index contributed by atoms with van der Waals surface area (Å²) in [5.74, 6) is -3.68. The van der Waals surface area contributed by atoms with E-state index in [4.69, 9.17) is 4.74 Å². The molecule has 0 bridgehead atoms. The quantitative estimate of drug-likeness (QED) is 0.461. The first-order valence-corrected chi connectivity index (χ1v) is 3.75. The van der Waals surface area contributed by atoms with Gasteiger partial charge in [-0.1, -0.05) is 6.58 Å². The van der Waals surface area contributed by atoms with E-state index in [0.717, 1.165) is 6.92 Å². The molecule has 1 saturated heterocycles. The topological polar surface area (TPSA) is 35.5 Å². The number of cyclic esters (lactones) is 1. The summed E-state index contributed by atoms with van der Waals surface area (Å²) in [7, 11) is 0. The van der Waals surface area contributed by atoms with Crippen molar-refractivity contribution >= 4 is 5.97 Å². The number of halogens is 2. The summed E-state index contributed by atoms with van der Waals surface area (Å²) >= 11 is 0. The van der Waals surface area contributed by atoms with Gasteiger partial charge in [-0.05, 0) is 0 Å². The Labute approximate surface area is 74.3 Å². The van der Waals surface area contributed by atoms with Gasteiger partial charge in [-0.15, -0.1) is 0 Å². The Hall–Kier alpha value is -0.970. The maximum Gasteiger partial charge on any atom is 0.335 e. The highest BCUT2D eigenvalue weighted by Gasteiger charge is 2.38. The number of ether oxygens (including phenoxy) is 2. The molecule has 0 radical (unpaired) electrons. The molecule has 0 aromatic carbocycles. The summed E-state index contributed by atoms with van der Waals surface area (Å²) in [4.78, 5) is 10.8. The standard InChI is InChI=1S/C8H10F2O3/c1-5-3-12-6(8(2,9)10)4-13-7(5)11/h6H,1,3-4H2,2H3. The van der Waals surface area contributed by atoms with Crippen LogP contribution in [0.25, 0.3) is 0 Å². The second-order valence-corrected chi connectivity index (χ2v) is 2.96. The van der Waals surface area contributed by atoms with Gasteiger partial charge >= 0.3 is 5.97 Å². The molecule has 0 aliphatic carbocycles. The van der Waals surface area contributed by atoms with Gasteiger partial charge in [0.2, 0.25) is 0 Å². The molecule has 1 atom stereocenters. The summed E-state index contributed by atoms with van der Waals surface area (Å²) in [5, 5.41) is 0. The number of alkyl halides is 2. The average Bonchev–Trinajstić information content (AvgIpc) is 2.14. The van der Waals surface area contributed by atoms with Crippen LogP contribution < -0.4 is 0 Å². The number of esters is 1. The summed E-state index contributed by atoms with van der Waals surface area (Å²) in [6.45, 7) is 3.42. The van der Waals surface area contributed by atoms with Crippen LogP contribution in [0, 0.1) is 0 Å². The van der Waals surface area contributed by atoms with E-state index in [-0.39, 0.29) is 12.2 Å². The van der Waals surface area contributed by atoms with Crippen molar-refractivity contribution in [2.45, 2.75) is 19.0 Å². The van der Waals surface area contributed by atoms with Gasteiger partial charge in [0.15, 0.2) is 6.10 Å². The largest absolute Gasteiger partial charge is 0.459 e. The molecule has 0 amide bonds. The molecule has 1 unspecified atom stereocenters. The Kier molecular flexibility index (Phi) is 2.66. The van der Waals surface area contributed by atoms with Crippen molar-refractivity contribution in [2.75, 3.05) is 13.2 Å². The van der Waals surface area contributed by atoms with Crippen LogP contribution in [-0.2, 0) is 14.3 Å². The molecule has 1 fully saturated rings. The zero-order chi connectivity index (χ0) is 10.1. The molecule has 1 aliphatic heterocycles. The third-order valence-corrected chi connectivity index (χ3v) is 1.68.